The van der Waals surface area contributed by atoms with Gasteiger partial charge in [0.1, 0.15) is 11.4 Å². The molecule has 1 aromatic carbocycles. The predicted molar refractivity (Wildman–Crippen MR) is 136 cm³/mol. The number of aromatic hydroxyl groups is 1. The number of phenolic OH excluding ortho intramolecular Hbond substituents is 1. The van der Waals surface area contributed by atoms with Gasteiger partial charge in [-0.15, -0.1) is 24.0 Å². The molecule has 180 valence electrons. The van der Waals surface area contributed by atoms with Crippen molar-refractivity contribution in [1.29, 1.82) is 0 Å². The summed E-state index contributed by atoms with van der Waals surface area (Å²) >= 11 is 0. The summed E-state index contributed by atoms with van der Waals surface area (Å²) in [5.74, 6) is 0.557. The van der Waals surface area contributed by atoms with Gasteiger partial charge in [0.15, 0.2) is 5.96 Å². The molecule has 32 heavy (non-hydrogen) atoms. The van der Waals surface area contributed by atoms with E-state index in [1.165, 1.54) is 12.1 Å². The van der Waals surface area contributed by atoms with E-state index >= 15 is 0 Å². The van der Waals surface area contributed by atoms with E-state index in [-0.39, 0.29) is 47.8 Å². The van der Waals surface area contributed by atoms with Gasteiger partial charge >= 0.3 is 6.09 Å². The molecule has 1 atom stereocenters. The van der Waals surface area contributed by atoms with Crippen LogP contribution in [-0.4, -0.2) is 72.3 Å². The SMILES string of the molecule is CCNC(=NCCNC(=O)c1ccc(O)cc1)NC1CCCN(C(=O)OC(C)(C)C)C1.I. The Labute approximate surface area is 207 Å². The maximum Gasteiger partial charge on any atom is 0.410 e. The van der Waals surface area contributed by atoms with Gasteiger partial charge < -0.3 is 30.7 Å². The number of halogens is 1. The zero-order valence-corrected chi connectivity index (χ0v) is 21.6. The molecule has 2 rings (SSSR count). The summed E-state index contributed by atoms with van der Waals surface area (Å²) in [6.07, 6.45) is 1.53. The molecule has 1 saturated heterocycles. The minimum absolute atomic E-state index is 0. The van der Waals surface area contributed by atoms with E-state index in [0.717, 1.165) is 12.8 Å². The molecule has 9 nitrogen and oxygen atoms in total. The van der Waals surface area contributed by atoms with E-state index in [1.54, 1.807) is 17.0 Å². The number of likely N-dealkylation sites (tertiary alicyclic amines) is 1. The van der Waals surface area contributed by atoms with Gasteiger partial charge in [0.25, 0.3) is 5.91 Å². The highest BCUT2D eigenvalue weighted by Gasteiger charge is 2.28. The number of carbonyl (C=O) groups excluding carboxylic acids is 2. The lowest BCUT2D eigenvalue weighted by atomic mass is 10.1. The number of aliphatic imine (C=N–C) groups is 1. The van der Waals surface area contributed by atoms with Crippen molar-refractivity contribution in [2.24, 2.45) is 4.99 Å². The van der Waals surface area contributed by atoms with Gasteiger partial charge in [-0.2, -0.15) is 0 Å². The zero-order chi connectivity index (χ0) is 22.9. The number of amides is 2. The molecule has 0 saturated carbocycles. The Balaban J connectivity index is 0.00000512. The highest BCUT2D eigenvalue weighted by atomic mass is 127. The normalized spacial score (nSPS) is 16.6. The second-order valence-electron chi connectivity index (χ2n) is 8.47. The molecule has 0 spiro atoms. The van der Waals surface area contributed by atoms with E-state index in [2.05, 4.69) is 20.9 Å². The van der Waals surface area contributed by atoms with Crippen LogP contribution in [-0.2, 0) is 4.74 Å². The minimum Gasteiger partial charge on any atom is -0.508 e. The van der Waals surface area contributed by atoms with Crippen LogP contribution in [0.15, 0.2) is 29.3 Å². The van der Waals surface area contributed by atoms with E-state index in [1.807, 2.05) is 27.7 Å². The van der Waals surface area contributed by atoms with Crippen LogP contribution in [0.2, 0.25) is 0 Å². The van der Waals surface area contributed by atoms with E-state index in [0.29, 0.717) is 44.2 Å². The number of hydrogen-bond donors (Lipinski definition) is 4. The number of phenols is 1. The van der Waals surface area contributed by atoms with Gasteiger partial charge in [-0.1, -0.05) is 0 Å². The van der Waals surface area contributed by atoms with E-state index in [4.69, 9.17) is 4.74 Å². The number of carbonyl (C=O) groups is 2. The van der Waals surface area contributed by atoms with Crippen molar-refractivity contribution in [2.45, 2.75) is 52.2 Å². The summed E-state index contributed by atoms with van der Waals surface area (Å²) in [5.41, 5.74) is -0.0328. The van der Waals surface area contributed by atoms with Gasteiger partial charge in [-0.3, -0.25) is 9.79 Å². The van der Waals surface area contributed by atoms with Crippen LogP contribution in [0, 0.1) is 0 Å². The molecule has 1 unspecified atom stereocenters. The molecule has 10 heteroatoms. The summed E-state index contributed by atoms with van der Waals surface area (Å²) in [5, 5.41) is 18.7. The maximum atomic E-state index is 12.4. The molecular formula is C22H36IN5O4. The second-order valence-corrected chi connectivity index (χ2v) is 8.47. The monoisotopic (exact) mass is 561 g/mol. The lowest BCUT2D eigenvalue weighted by Crippen LogP contribution is -2.53. The van der Waals surface area contributed by atoms with Gasteiger partial charge in [0.05, 0.1) is 6.54 Å². The maximum absolute atomic E-state index is 12.4. The fourth-order valence-corrected chi connectivity index (χ4v) is 3.15. The van der Waals surface area contributed by atoms with Crippen molar-refractivity contribution >= 4 is 41.9 Å². The van der Waals surface area contributed by atoms with Gasteiger partial charge in [0.2, 0.25) is 0 Å². The summed E-state index contributed by atoms with van der Waals surface area (Å²) in [6.45, 7) is 10.3. The largest absolute Gasteiger partial charge is 0.508 e. The van der Waals surface area contributed by atoms with Crippen LogP contribution in [0.3, 0.4) is 0 Å². The van der Waals surface area contributed by atoms with E-state index in [9.17, 15) is 14.7 Å². The number of benzene rings is 1. The highest BCUT2D eigenvalue weighted by Crippen LogP contribution is 2.15. The number of hydrogen-bond acceptors (Lipinski definition) is 5. The van der Waals surface area contributed by atoms with Gasteiger partial charge in [-0.25, -0.2) is 4.79 Å². The Bertz CT molecular complexity index is 765. The molecule has 1 aliphatic rings. The lowest BCUT2D eigenvalue weighted by molar-refractivity contribution is 0.0193. The van der Waals surface area contributed by atoms with Crippen molar-refractivity contribution < 1.29 is 19.4 Å². The molecule has 1 fully saturated rings. The molecule has 4 N–H and O–H groups in total. The number of rotatable bonds is 6. The first kappa shape index (κ1) is 27.8. The summed E-state index contributed by atoms with van der Waals surface area (Å²) < 4.78 is 5.48. The third-order valence-corrected chi connectivity index (χ3v) is 4.55. The number of guanidine groups is 1. The van der Waals surface area contributed by atoms with Crippen LogP contribution in [0.25, 0.3) is 0 Å². The molecule has 0 aromatic heterocycles. The Hall–Kier alpha value is -2.24. The average molecular weight is 561 g/mol. The number of ether oxygens (including phenoxy) is 1. The first-order valence-corrected chi connectivity index (χ1v) is 10.8. The van der Waals surface area contributed by atoms with Crippen LogP contribution >= 0.6 is 24.0 Å². The van der Waals surface area contributed by atoms with Crippen molar-refractivity contribution in [3.8, 4) is 5.75 Å². The molecule has 2 amide bonds. The average Bonchev–Trinajstić information content (AvgIpc) is 2.70. The summed E-state index contributed by atoms with van der Waals surface area (Å²) in [6, 6.07) is 6.17. The zero-order valence-electron chi connectivity index (χ0n) is 19.3. The number of nitrogens with one attached hydrogen (secondary N) is 3. The van der Waals surface area contributed by atoms with Crippen LogP contribution in [0.4, 0.5) is 4.79 Å². The highest BCUT2D eigenvalue weighted by molar-refractivity contribution is 14.0. The molecule has 1 aliphatic heterocycles. The molecular weight excluding hydrogens is 525 g/mol. The topological polar surface area (TPSA) is 115 Å². The first-order chi connectivity index (χ1) is 14.7. The summed E-state index contributed by atoms with van der Waals surface area (Å²) in [7, 11) is 0. The van der Waals surface area contributed by atoms with Crippen LogP contribution in [0.5, 0.6) is 5.75 Å². The van der Waals surface area contributed by atoms with E-state index < -0.39 is 5.60 Å². The number of piperidine rings is 1. The van der Waals surface area contributed by atoms with Gasteiger partial charge in [-0.05, 0) is 64.8 Å². The van der Waals surface area contributed by atoms with Crippen molar-refractivity contribution in [2.75, 3.05) is 32.7 Å². The second kappa shape index (κ2) is 13.3. The minimum atomic E-state index is -0.515. The van der Waals surface area contributed by atoms with Gasteiger partial charge in [0, 0.05) is 37.8 Å². The molecule has 0 aliphatic carbocycles. The number of nitrogens with zero attached hydrogens (tertiary/aromatic N) is 2. The quantitative estimate of drug-likeness (QED) is 0.184. The molecule has 1 aromatic rings. The Kier molecular flexibility index (Phi) is 11.6. The lowest BCUT2D eigenvalue weighted by Gasteiger charge is -2.35. The standard InChI is InChI=1S/C22H35N5O4.HI/c1-5-23-20(25-13-12-24-19(29)16-8-10-18(28)11-9-16)26-17-7-6-14-27(15-17)21(30)31-22(2,3)4;/h8-11,17,28H,5-7,12-15H2,1-4H3,(H,24,29)(H2,23,25,26);1H. The Morgan fingerprint density at radius 2 is 1.91 bits per heavy atom. The first-order valence-electron chi connectivity index (χ1n) is 10.8. The smallest absolute Gasteiger partial charge is 0.410 e. The third kappa shape index (κ3) is 9.92. The van der Waals surface area contributed by atoms with Crippen molar-refractivity contribution in [1.82, 2.24) is 20.9 Å². The van der Waals surface area contributed by atoms with Crippen molar-refractivity contribution in [3.63, 3.8) is 0 Å². The van der Waals surface area contributed by atoms with Crippen LogP contribution < -0.4 is 16.0 Å². The Morgan fingerprint density at radius 1 is 1.22 bits per heavy atom. The van der Waals surface area contributed by atoms with Crippen molar-refractivity contribution in [3.05, 3.63) is 29.8 Å². The predicted octanol–water partition coefficient (Wildman–Crippen LogP) is 2.69. The molecule has 0 bridgehead atoms. The third-order valence-electron chi connectivity index (χ3n) is 4.55. The fraction of sp³-hybridized carbons (Fsp3) is 0.591. The Morgan fingerprint density at radius 3 is 2.53 bits per heavy atom. The van der Waals surface area contributed by atoms with Crippen LogP contribution in [0.1, 0.15) is 50.9 Å². The fourth-order valence-electron chi connectivity index (χ4n) is 3.15. The molecule has 1 heterocycles. The summed E-state index contributed by atoms with van der Waals surface area (Å²) in [4.78, 5) is 30.7. The molecule has 0 radical (unpaired) electrons.